The molecular weight excluding hydrogens is 294 g/mol. The molecule has 116 valence electrons. The predicted molar refractivity (Wildman–Crippen MR) is 82.7 cm³/mol. The summed E-state index contributed by atoms with van der Waals surface area (Å²) in [5, 5.41) is 16.1. The number of aliphatic hydroxyl groups is 1. The first-order valence-electron chi connectivity index (χ1n) is 7.05. The van der Waals surface area contributed by atoms with Crippen LogP contribution in [0.15, 0.2) is 55.2 Å². The molecule has 0 saturated heterocycles. The number of amides is 1. The van der Waals surface area contributed by atoms with Gasteiger partial charge in [-0.3, -0.25) is 4.79 Å². The van der Waals surface area contributed by atoms with Gasteiger partial charge < -0.3 is 10.4 Å². The van der Waals surface area contributed by atoms with Crippen molar-refractivity contribution in [3.63, 3.8) is 0 Å². The number of aromatic nitrogens is 4. The molecule has 1 aromatic carbocycles. The zero-order valence-electron chi connectivity index (χ0n) is 12.3. The quantitative estimate of drug-likeness (QED) is 0.736. The smallest absolute Gasteiger partial charge is 0.251 e. The van der Waals surface area contributed by atoms with Gasteiger partial charge in [-0.05, 0) is 23.3 Å². The van der Waals surface area contributed by atoms with E-state index in [0.717, 1.165) is 11.1 Å². The summed E-state index contributed by atoms with van der Waals surface area (Å²) in [5.74, 6) is 0.299. The Labute approximate surface area is 132 Å². The second kappa shape index (κ2) is 6.80. The SMILES string of the molecule is O=C(NCc1ccccc1CO)c1ccnc(-n2cncn2)c1. The Balaban J connectivity index is 1.72. The van der Waals surface area contributed by atoms with E-state index in [1.54, 1.807) is 18.3 Å². The van der Waals surface area contributed by atoms with Crippen LogP contribution in [-0.2, 0) is 13.2 Å². The van der Waals surface area contributed by atoms with Crippen molar-refractivity contribution in [1.29, 1.82) is 0 Å². The third-order valence-corrected chi connectivity index (χ3v) is 3.39. The van der Waals surface area contributed by atoms with Crippen molar-refractivity contribution in [2.75, 3.05) is 0 Å². The molecule has 0 bridgehead atoms. The number of hydrogen-bond donors (Lipinski definition) is 2. The molecule has 2 heterocycles. The summed E-state index contributed by atoms with van der Waals surface area (Å²) in [6, 6.07) is 10.7. The van der Waals surface area contributed by atoms with Crippen molar-refractivity contribution in [3.8, 4) is 5.82 Å². The van der Waals surface area contributed by atoms with Crippen LogP contribution in [0.25, 0.3) is 5.82 Å². The second-order valence-corrected chi connectivity index (χ2v) is 4.85. The number of hydrogen-bond acceptors (Lipinski definition) is 5. The highest BCUT2D eigenvalue weighted by molar-refractivity contribution is 5.94. The van der Waals surface area contributed by atoms with E-state index >= 15 is 0 Å². The third-order valence-electron chi connectivity index (χ3n) is 3.39. The summed E-state index contributed by atoms with van der Waals surface area (Å²) >= 11 is 0. The highest BCUT2D eigenvalue weighted by Gasteiger charge is 2.09. The standard InChI is InChI=1S/C16H15N5O2/c22-9-14-4-2-1-3-13(14)8-19-16(23)12-5-6-18-15(7-12)21-11-17-10-20-21/h1-7,10-11,22H,8-9H2,(H,19,23). The molecule has 23 heavy (non-hydrogen) atoms. The molecule has 0 atom stereocenters. The Morgan fingerprint density at radius 2 is 2.04 bits per heavy atom. The van der Waals surface area contributed by atoms with Crippen LogP contribution in [0.3, 0.4) is 0 Å². The first-order chi connectivity index (χ1) is 11.3. The van der Waals surface area contributed by atoms with Gasteiger partial charge in [0.2, 0.25) is 0 Å². The zero-order valence-corrected chi connectivity index (χ0v) is 12.3. The first-order valence-corrected chi connectivity index (χ1v) is 7.05. The number of nitrogens with zero attached hydrogens (tertiary/aromatic N) is 4. The van der Waals surface area contributed by atoms with Crippen molar-refractivity contribution in [1.82, 2.24) is 25.1 Å². The summed E-state index contributed by atoms with van der Waals surface area (Å²) in [7, 11) is 0. The molecule has 7 heteroatoms. The van der Waals surface area contributed by atoms with E-state index in [4.69, 9.17) is 0 Å². The van der Waals surface area contributed by atoms with Gasteiger partial charge in [0, 0.05) is 18.3 Å². The Morgan fingerprint density at radius 3 is 2.78 bits per heavy atom. The van der Waals surface area contributed by atoms with Gasteiger partial charge in [0.05, 0.1) is 6.61 Å². The zero-order chi connectivity index (χ0) is 16.1. The minimum atomic E-state index is -0.221. The van der Waals surface area contributed by atoms with Gasteiger partial charge in [0.15, 0.2) is 5.82 Å². The summed E-state index contributed by atoms with van der Waals surface area (Å²) < 4.78 is 1.48. The fourth-order valence-electron chi connectivity index (χ4n) is 2.17. The fourth-order valence-corrected chi connectivity index (χ4v) is 2.17. The maximum Gasteiger partial charge on any atom is 0.251 e. The highest BCUT2D eigenvalue weighted by Crippen LogP contribution is 2.10. The predicted octanol–water partition coefficient (Wildman–Crippen LogP) is 1.08. The van der Waals surface area contributed by atoms with Gasteiger partial charge in [0.25, 0.3) is 5.91 Å². The monoisotopic (exact) mass is 309 g/mol. The van der Waals surface area contributed by atoms with E-state index in [1.807, 2.05) is 24.3 Å². The van der Waals surface area contributed by atoms with Crippen LogP contribution in [-0.4, -0.2) is 30.8 Å². The molecule has 2 N–H and O–H groups in total. The lowest BCUT2D eigenvalue weighted by Gasteiger charge is -2.09. The van der Waals surface area contributed by atoms with Crippen molar-refractivity contribution >= 4 is 5.91 Å². The molecule has 0 saturated carbocycles. The number of carbonyl (C=O) groups excluding carboxylic acids is 1. The number of pyridine rings is 1. The van der Waals surface area contributed by atoms with Crippen LogP contribution < -0.4 is 5.32 Å². The van der Waals surface area contributed by atoms with Crippen molar-refractivity contribution < 1.29 is 9.90 Å². The molecule has 0 radical (unpaired) electrons. The maximum absolute atomic E-state index is 12.3. The van der Waals surface area contributed by atoms with E-state index in [9.17, 15) is 9.90 Å². The maximum atomic E-state index is 12.3. The molecule has 0 spiro atoms. The van der Waals surface area contributed by atoms with Crippen LogP contribution in [0.2, 0.25) is 0 Å². The Bertz CT molecular complexity index is 802. The number of benzene rings is 1. The number of aliphatic hydroxyl groups excluding tert-OH is 1. The van der Waals surface area contributed by atoms with Crippen LogP contribution in [0.4, 0.5) is 0 Å². The average molecular weight is 309 g/mol. The number of carbonyl (C=O) groups is 1. The van der Waals surface area contributed by atoms with Crippen molar-refractivity contribution in [3.05, 3.63) is 71.9 Å². The Hall–Kier alpha value is -3.06. The molecule has 0 aliphatic carbocycles. The normalized spacial score (nSPS) is 10.5. The molecule has 7 nitrogen and oxygen atoms in total. The molecule has 2 aromatic heterocycles. The van der Waals surface area contributed by atoms with E-state index in [-0.39, 0.29) is 12.5 Å². The summed E-state index contributed by atoms with van der Waals surface area (Å²) in [5.41, 5.74) is 2.16. The molecular formula is C16H15N5O2. The lowest BCUT2D eigenvalue weighted by Crippen LogP contribution is -2.23. The van der Waals surface area contributed by atoms with E-state index in [2.05, 4.69) is 20.4 Å². The van der Waals surface area contributed by atoms with Gasteiger partial charge in [-0.25, -0.2) is 14.6 Å². The number of rotatable bonds is 5. The lowest BCUT2D eigenvalue weighted by molar-refractivity contribution is 0.0950. The Kier molecular flexibility index (Phi) is 4.39. The molecule has 3 rings (SSSR count). The van der Waals surface area contributed by atoms with Gasteiger partial charge in [-0.1, -0.05) is 24.3 Å². The van der Waals surface area contributed by atoms with Gasteiger partial charge in [-0.15, -0.1) is 0 Å². The molecule has 0 aliphatic heterocycles. The summed E-state index contributed by atoms with van der Waals surface area (Å²) in [4.78, 5) is 20.3. The van der Waals surface area contributed by atoms with Gasteiger partial charge in [-0.2, -0.15) is 5.10 Å². The third kappa shape index (κ3) is 3.41. The molecule has 3 aromatic rings. The van der Waals surface area contributed by atoms with Crippen molar-refractivity contribution in [2.45, 2.75) is 13.2 Å². The second-order valence-electron chi connectivity index (χ2n) is 4.85. The highest BCUT2D eigenvalue weighted by atomic mass is 16.3. The van der Waals surface area contributed by atoms with Crippen LogP contribution in [0.1, 0.15) is 21.5 Å². The van der Waals surface area contributed by atoms with Gasteiger partial charge >= 0.3 is 0 Å². The largest absolute Gasteiger partial charge is 0.392 e. The topological polar surface area (TPSA) is 92.9 Å². The van der Waals surface area contributed by atoms with Crippen LogP contribution >= 0.6 is 0 Å². The number of nitrogens with one attached hydrogen (secondary N) is 1. The molecule has 0 unspecified atom stereocenters. The van der Waals surface area contributed by atoms with Crippen molar-refractivity contribution in [2.24, 2.45) is 0 Å². The first kappa shape index (κ1) is 14.9. The summed E-state index contributed by atoms with van der Waals surface area (Å²) in [6.45, 7) is 0.286. The van der Waals surface area contributed by atoms with E-state index in [0.29, 0.717) is 17.9 Å². The Morgan fingerprint density at radius 1 is 1.22 bits per heavy atom. The lowest BCUT2D eigenvalue weighted by atomic mass is 10.1. The van der Waals surface area contributed by atoms with E-state index in [1.165, 1.54) is 17.3 Å². The van der Waals surface area contributed by atoms with Gasteiger partial charge in [0.1, 0.15) is 12.7 Å². The average Bonchev–Trinajstić information content (AvgIpc) is 3.14. The van der Waals surface area contributed by atoms with Crippen LogP contribution in [0, 0.1) is 0 Å². The van der Waals surface area contributed by atoms with E-state index < -0.39 is 0 Å². The minimum absolute atomic E-state index is 0.0578. The fraction of sp³-hybridized carbons (Fsp3) is 0.125. The van der Waals surface area contributed by atoms with Crippen LogP contribution in [0.5, 0.6) is 0 Å². The minimum Gasteiger partial charge on any atom is -0.392 e. The molecule has 0 fully saturated rings. The molecule has 0 aliphatic rings. The molecule has 1 amide bonds. The summed E-state index contributed by atoms with van der Waals surface area (Å²) in [6.07, 6.45) is 4.47.